The summed E-state index contributed by atoms with van der Waals surface area (Å²) < 4.78 is 65.2. The summed E-state index contributed by atoms with van der Waals surface area (Å²) in [6.45, 7) is 0. The Labute approximate surface area is 152 Å². The number of nitrogens with one attached hydrogen (secondary N) is 1. The summed E-state index contributed by atoms with van der Waals surface area (Å²) in [4.78, 5) is 12.2. The van der Waals surface area contributed by atoms with Crippen molar-refractivity contribution < 1.29 is 26.4 Å². The largest absolute Gasteiger partial charge is 0.417 e. The van der Waals surface area contributed by atoms with Crippen molar-refractivity contribution in [2.24, 2.45) is 0 Å². The van der Waals surface area contributed by atoms with Crippen LogP contribution in [0, 0.1) is 0 Å². The number of halogens is 3. The molecule has 140 valence electrons. The number of carbonyl (C=O) groups is 1. The van der Waals surface area contributed by atoms with E-state index in [4.69, 9.17) is 0 Å². The summed E-state index contributed by atoms with van der Waals surface area (Å²) in [5.41, 5.74) is -1.57. The van der Waals surface area contributed by atoms with Gasteiger partial charge in [-0.1, -0.05) is 12.1 Å². The second kappa shape index (κ2) is 6.67. The summed E-state index contributed by atoms with van der Waals surface area (Å²) in [6.07, 6.45) is -3.05. The fourth-order valence-electron chi connectivity index (χ4n) is 2.41. The molecular formula is C16H15F3N2O3S2. The Hall–Kier alpha value is -1.91. The van der Waals surface area contributed by atoms with Crippen LogP contribution in [0.3, 0.4) is 0 Å². The van der Waals surface area contributed by atoms with E-state index in [1.165, 1.54) is 35.6 Å². The highest BCUT2D eigenvalue weighted by molar-refractivity contribution is 7.91. The van der Waals surface area contributed by atoms with Crippen LogP contribution in [-0.4, -0.2) is 31.7 Å². The monoisotopic (exact) mass is 404 g/mol. The van der Waals surface area contributed by atoms with Crippen LogP contribution in [0.4, 0.5) is 18.2 Å². The number of hydrogen-bond donors (Lipinski definition) is 1. The molecule has 3 rings (SSSR count). The molecule has 0 bridgehead atoms. The fraction of sp³-hybridized carbons (Fsp3) is 0.312. The van der Waals surface area contributed by atoms with Gasteiger partial charge in [-0.25, -0.2) is 8.42 Å². The number of hydrogen-bond acceptors (Lipinski definition) is 4. The lowest BCUT2D eigenvalue weighted by Crippen LogP contribution is -2.28. The maximum Gasteiger partial charge on any atom is 0.417 e. The highest BCUT2D eigenvalue weighted by Crippen LogP contribution is 2.35. The lowest BCUT2D eigenvalue weighted by atomic mass is 10.1. The topological polar surface area (TPSA) is 66.5 Å². The molecule has 0 spiro atoms. The lowest BCUT2D eigenvalue weighted by molar-refractivity contribution is -0.137. The zero-order valence-corrected chi connectivity index (χ0v) is 15.2. The van der Waals surface area contributed by atoms with Crippen LogP contribution < -0.4 is 5.32 Å². The van der Waals surface area contributed by atoms with Gasteiger partial charge in [0, 0.05) is 13.1 Å². The molecule has 1 heterocycles. The molecule has 26 heavy (non-hydrogen) atoms. The van der Waals surface area contributed by atoms with E-state index in [1.807, 2.05) is 0 Å². The highest BCUT2D eigenvalue weighted by Gasteiger charge is 2.36. The van der Waals surface area contributed by atoms with Gasteiger partial charge in [-0.15, -0.1) is 11.3 Å². The van der Waals surface area contributed by atoms with Gasteiger partial charge in [0.05, 0.1) is 16.1 Å². The molecule has 1 aliphatic carbocycles. The van der Waals surface area contributed by atoms with Crippen molar-refractivity contribution in [2.75, 3.05) is 12.4 Å². The number of amides is 1. The standard InChI is InChI=1S/C16H15F3N2O3S2/c1-21(10-6-7-10)26(23,24)14-9-8-13(25-14)20-15(22)11-4-2-3-5-12(11)16(17,18)19/h2-5,8-10H,6-7H2,1H3,(H,20,22). The minimum Gasteiger partial charge on any atom is -0.314 e. The first kappa shape index (κ1) is 18.9. The lowest BCUT2D eigenvalue weighted by Gasteiger charge is -2.14. The molecule has 0 atom stereocenters. The summed E-state index contributed by atoms with van der Waals surface area (Å²) in [7, 11) is -2.18. The summed E-state index contributed by atoms with van der Waals surface area (Å²) in [5.74, 6) is -0.945. The third-order valence-corrected chi connectivity index (χ3v) is 7.37. The van der Waals surface area contributed by atoms with Gasteiger partial charge in [0.15, 0.2) is 0 Å². The van der Waals surface area contributed by atoms with Gasteiger partial charge in [-0.05, 0) is 37.1 Å². The Kier molecular flexibility index (Phi) is 4.84. The SMILES string of the molecule is CN(C1CC1)S(=O)(=O)c1ccc(NC(=O)c2ccccc2C(F)(F)F)s1. The van der Waals surface area contributed by atoms with E-state index in [9.17, 15) is 26.4 Å². The fourth-order valence-corrected chi connectivity index (χ4v) is 5.21. The molecule has 1 aliphatic rings. The van der Waals surface area contributed by atoms with Crippen LogP contribution in [-0.2, 0) is 16.2 Å². The molecule has 1 aromatic carbocycles. The van der Waals surface area contributed by atoms with Crippen LogP contribution in [0.1, 0.15) is 28.8 Å². The molecule has 1 amide bonds. The quantitative estimate of drug-likeness (QED) is 0.824. The first-order chi connectivity index (χ1) is 12.1. The van der Waals surface area contributed by atoms with E-state index in [2.05, 4.69) is 5.32 Å². The van der Waals surface area contributed by atoms with E-state index in [-0.39, 0.29) is 15.3 Å². The Morgan fingerprint density at radius 3 is 2.46 bits per heavy atom. The molecular weight excluding hydrogens is 389 g/mol. The summed E-state index contributed by atoms with van der Waals surface area (Å²) >= 11 is 0.807. The maximum absolute atomic E-state index is 13.0. The number of anilines is 1. The number of thiophene rings is 1. The van der Waals surface area contributed by atoms with Crippen molar-refractivity contribution in [3.63, 3.8) is 0 Å². The van der Waals surface area contributed by atoms with Gasteiger partial charge in [-0.2, -0.15) is 17.5 Å². The predicted molar refractivity (Wildman–Crippen MR) is 91.7 cm³/mol. The van der Waals surface area contributed by atoms with Gasteiger partial charge in [-0.3, -0.25) is 4.79 Å². The van der Waals surface area contributed by atoms with E-state index in [0.717, 1.165) is 36.3 Å². The molecule has 0 aliphatic heterocycles. The Morgan fingerprint density at radius 1 is 1.19 bits per heavy atom. The number of sulfonamides is 1. The van der Waals surface area contributed by atoms with E-state index in [1.54, 1.807) is 0 Å². The third-order valence-electron chi connectivity index (χ3n) is 3.99. The average Bonchev–Trinajstić information content (AvgIpc) is 3.32. The average molecular weight is 404 g/mol. The number of rotatable bonds is 5. The molecule has 5 nitrogen and oxygen atoms in total. The first-order valence-corrected chi connectivity index (χ1v) is 9.92. The minimum atomic E-state index is -4.66. The highest BCUT2D eigenvalue weighted by atomic mass is 32.2. The molecule has 10 heteroatoms. The molecule has 1 aromatic heterocycles. The molecule has 0 saturated heterocycles. The van der Waals surface area contributed by atoms with Crippen molar-refractivity contribution in [3.05, 3.63) is 47.5 Å². The molecule has 0 unspecified atom stereocenters. The van der Waals surface area contributed by atoms with E-state index < -0.39 is 33.2 Å². The number of alkyl halides is 3. The van der Waals surface area contributed by atoms with Crippen molar-refractivity contribution in [1.82, 2.24) is 4.31 Å². The first-order valence-electron chi connectivity index (χ1n) is 7.66. The Bertz CT molecular complexity index is 934. The molecule has 1 N–H and O–H groups in total. The van der Waals surface area contributed by atoms with Crippen LogP contribution in [0.15, 0.2) is 40.6 Å². The number of benzene rings is 1. The van der Waals surface area contributed by atoms with Gasteiger partial charge in [0.2, 0.25) is 0 Å². The minimum absolute atomic E-state index is 0.0150. The van der Waals surface area contributed by atoms with Crippen LogP contribution >= 0.6 is 11.3 Å². The molecule has 0 radical (unpaired) electrons. The number of nitrogens with zero attached hydrogens (tertiary/aromatic N) is 1. The Morgan fingerprint density at radius 2 is 1.85 bits per heavy atom. The van der Waals surface area contributed by atoms with Gasteiger partial charge in [0.1, 0.15) is 4.21 Å². The van der Waals surface area contributed by atoms with Gasteiger partial charge >= 0.3 is 6.18 Å². The second-order valence-corrected chi connectivity index (χ2v) is 9.18. The van der Waals surface area contributed by atoms with Gasteiger partial charge < -0.3 is 5.32 Å². The normalized spacial score (nSPS) is 15.3. The van der Waals surface area contributed by atoms with Crippen LogP contribution in [0.2, 0.25) is 0 Å². The summed E-state index contributed by atoms with van der Waals surface area (Å²) in [5, 5.41) is 2.51. The van der Waals surface area contributed by atoms with Crippen molar-refractivity contribution >= 4 is 32.3 Å². The van der Waals surface area contributed by atoms with Crippen molar-refractivity contribution in [3.8, 4) is 0 Å². The predicted octanol–water partition coefficient (Wildman–Crippen LogP) is 3.80. The zero-order chi connectivity index (χ0) is 19.1. The molecule has 1 saturated carbocycles. The van der Waals surface area contributed by atoms with E-state index in [0.29, 0.717) is 0 Å². The van der Waals surface area contributed by atoms with Crippen molar-refractivity contribution in [1.29, 1.82) is 0 Å². The van der Waals surface area contributed by atoms with Crippen LogP contribution in [0.5, 0.6) is 0 Å². The van der Waals surface area contributed by atoms with Crippen molar-refractivity contribution in [2.45, 2.75) is 29.3 Å². The molecule has 2 aromatic rings. The third kappa shape index (κ3) is 3.76. The maximum atomic E-state index is 13.0. The Balaban J connectivity index is 1.81. The zero-order valence-electron chi connectivity index (χ0n) is 13.6. The second-order valence-electron chi connectivity index (χ2n) is 5.87. The summed E-state index contributed by atoms with van der Waals surface area (Å²) in [6, 6.07) is 7.12. The van der Waals surface area contributed by atoms with Gasteiger partial charge in [0.25, 0.3) is 15.9 Å². The smallest absolute Gasteiger partial charge is 0.314 e. The number of carbonyl (C=O) groups excluding carboxylic acids is 1. The molecule has 1 fully saturated rings. The van der Waals surface area contributed by atoms with E-state index >= 15 is 0 Å². The van der Waals surface area contributed by atoms with Crippen LogP contribution in [0.25, 0.3) is 0 Å².